The zero-order valence-electron chi connectivity index (χ0n) is 9.77. The van der Waals surface area contributed by atoms with Crippen molar-refractivity contribution in [1.82, 2.24) is 0 Å². The van der Waals surface area contributed by atoms with Crippen molar-refractivity contribution >= 4 is 23.2 Å². The first-order valence-electron chi connectivity index (χ1n) is 5.35. The van der Waals surface area contributed by atoms with Crippen molar-refractivity contribution < 1.29 is 14.3 Å². The number of nitrogen functional groups attached to an aromatic ring is 1. The van der Waals surface area contributed by atoms with Crippen LogP contribution in [0.4, 0.5) is 11.4 Å². The number of nitrogens with two attached hydrogens (primary N) is 1. The summed E-state index contributed by atoms with van der Waals surface area (Å²) in [4.78, 5) is 24.7. The standard InChI is InChI=1S/C12H14N2O3/c1-7-5-11(15)14(12(7)16)10-4-3-8(17-2)6-9(10)13/h3-4,6-7H,5,13H2,1-2H3. The lowest BCUT2D eigenvalue weighted by Gasteiger charge is -2.17. The number of nitrogens with zero attached hydrogens (tertiary/aromatic N) is 1. The molecule has 1 aromatic rings. The van der Waals surface area contributed by atoms with Crippen LogP contribution in [-0.2, 0) is 9.59 Å². The number of benzene rings is 1. The number of methoxy groups -OCH3 is 1. The van der Waals surface area contributed by atoms with Crippen LogP contribution in [0.1, 0.15) is 13.3 Å². The number of amides is 2. The third-order valence-corrected chi connectivity index (χ3v) is 2.85. The van der Waals surface area contributed by atoms with Gasteiger partial charge in [0.25, 0.3) is 0 Å². The molecule has 2 rings (SSSR count). The summed E-state index contributed by atoms with van der Waals surface area (Å²) in [5.74, 6) is -0.0892. The lowest BCUT2D eigenvalue weighted by Crippen LogP contribution is -2.30. The molecule has 0 saturated carbocycles. The molecule has 0 aromatic heterocycles. The smallest absolute Gasteiger partial charge is 0.237 e. The van der Waals surface area contributed by atoms with E-state index in [0.717, 1.165) is 4.90 Å². The Morgan fingerprint density at radius 2 is 2.12 bits per heavy atom. The Balaban J connectivity index is 2.41. The van der Waals surface area contributed by atoms with Crippen molar-refractivity contribution in [3.05, 3.63) is 18.2 Å². The monoisotopic (exact) mass is 234 g/mol. The normalized spacial score (nSPS) is 19.9. The van der Waals surface area contributed by atoms with Crippen molar-refractivity contribution in [3.8, 4) is 5.75 Å². The van der Waals surface area contributed by atoms with Gasteiger partial charge in [-0.15, -0.1) is 0 Å². The number of carbonyl (C=O) groups excluding carboxylic acids is 2. The molecule has 5 nitrogen and oxygen atoms in total. The fourth-order valence-electron chi connectivity index (χ4n) is 1.90. The molecule has 5 heteroatoms. The van der Waals surface area contributed by atoms with E-state index in [2.05, 4.69) is 0 Å². The third kappa shape index (κ3) is 1.84. The minimum atomic E-state index is -0.274. The molecule has 0 aliphatic carbocycles. The fraction of sp³-hybridized carbons (Fsp3) is 0.333. The fourth-order valence-corrected chi connectivity index (χ4v) is 1.90. The number of rotatable bonds is 2. The third-order valence-electron chi connectivity index (χ3n) is 2.85. The second-order valence-corrected chi connectivity index (χ2v) is 4.10. The second-order valence-electron chi connectivity index (χ2n) is 4.10. The summed E-state index contributed by atoms with van der Waals surface area (Å²) in [6.07, 6.45) is 0.240. The first kappa shape index (κ1) is 11.4. The molecule has 1 aliphatic rings. The Morgan fingerprint density at radius 1 is 1.41 bits per heavy atom. The van der Waals surface area contributed by atoms with Gasteiger partial charge in [0.2, 0.25) is 11.8 Å². The molecular formula is C12H14N2O3. The predicted molar refractivity (Wildman–Crippen MR) is 63.7 cm³/mol. The molecule has 1 fully saturated rings. The van der Waals surface area contributed by atoms with Crippen LogP contribution in [0, 0.1) is 5.92 Å². The summed E-state index contributed by atoms with van der Waals surface area (Å²) in [5, 5.41) is 0. The van der Waals surface area contributed by atoms with Crippen LogP contribution in [0.3, 0.4) is 0 Å². The number of anilines is 2. The van der Waals surface area contributed by atoms with Gasteiger partial charge in [0.15, 0.2) is 0 Å². The van der Waals surface area contributed by atoms with Crippen molar-refractivity contribution in [2.24, 2.45) is 5.92 Å². The maximum atomic E-state index is 11.8. The molecule has 2 amide bonds. The highest BCUT2D eigenvalue weighted by Gasteiger charge is 2.37. The molecular weight excluding hydrogens is 220 g/mol. The zero-order chi connectivity index (χ0) is 12.6. The minimum absolute atomic E-state index is 0.202. The van der Waals surface area contributed by atoms with Gasteiger partial charge in [-0.1, -0.05) is 6.92 Å². The molecule has 0 radical (unpaired) electrons. The average Bonchev–Trinajstić information content (AvgIpc) is 2.54. The molecule has 90 valence electrons. The zero-order valence-corrected chi connectivity index (χ0v) is 9.77. The van der Waals surface area contributed by atoms with Crippen LogP contribution >= 0.6 is 0 Å². The Hall–Kier alpha value is -2.04. The highest BCUT2D eigenvalue weighted by atomic mass is 16.5. The summed E-state index contributed by atoms with van der Waals surface area (Å²) in [6.45, 7) is 1.74. The number of imide groups is 1. The first-order chi connectivity index (χ1) is 8.04. The number of carbonyl (C=O) groups is 2. The molecule has 1 heterocycles. The lowest BCUT2D eigenvalue weighted by molar-refractivity contribution is -0.122. The second kappa shape index (κ2) is 4.08. The van der Waals surface area contributed by atoms with Crippen LogP contribution in [0.5, 0.6) is 5.75 Å². The van der Waals surface area contributed by atoms with Gasteiger partial charge in [0, 0.05) is 18.4 Å². The first-order valence-corrected chi connectivity index (χ1v) is 5.35. The van der Waals surface area contributed by atoms with Crippen LogP contribution < -0.4 is 15.4 Å². The lowest BCUT2D eigenvalue weighted by atomic mass is 10.1. The van der Waals surface area contributed by atoms with Gasteiger partial charge >= 0.3 is 0 Å². The van der Waals surface area contributed by atoms with E-state index in [9.17, 15) is 9.59 Å². The van der Waals surface area contributed by atoms with E-state index in [1.807, 2.05) is 0 Å². The van der Waals surface area contributed by atoms with Crippen molar-refractivity contribution in [3.63, 3.8) is 0 Å². The van der Waals surface area contributed by atoms with Gasteiger partial charge in [-0.2, -0.15) is 0 Å². The van der Waals surface area contributed by atoms with Crippen LogP contribution in [-0.4, -0.2) is 18.9 Å². The van der Waals surface area contributed by atoms with E-state index in [-0.39, 0.29) is 24.2 Å². The van der Waals surface area contributed by atoms with Crippen LogP contribution in [0.15, 0.2) is 18.2 Å². The maximum Gasteiger partial charge on any atom is 0.237 e. The Morgan fingerprint density at radius 3 is 2.59 bits per heavy atom. The van der Waals surface area contributed by atoms with Crippen molar-refractivity contribution in [1.29, 1.82) is 0 Å². The van der Waals surface area contributed by atoms with Gasteiger partial charge in [0.05, 0.1) is 18.5 Å². The van der Waals surface area contributed by atoms with Gasteiger partial charge in [-0.05, 0) is 12.1 Å². The number of hydrogen-bond donors (Lipinski definition) is 1. The van der Waals surface area contributed by atoms with Gasteiger partial charge in [0.1, 0.15) is 5.75 Å². The Labute approximate surface area is 99.2 Å². The largest absolute Gasteiger partial charge is 0.497 e. The molecule has 1 unspecified atom stereocenters. The van der Waals surface area contributed by atoms with Crippen molar-refractivity contribution in [2.45, 2.75) is 13.3 Å². The summed E-state index contributed by atoms with van der Waals surface area (Å²) in [6, 6.07) is 4.90. The van der Waals surface area contributed by atoms with Crippen LogP contribution in [0.2, 0.25) is 0 Å². The topological polar surface area (TPSA) is 72.6 Å². The molecule has 1 aliphatic heterocycles. The van der Waals surface area contributed by atoms with E-state index >= 15 is 0 Å². The van der Waals surface area contributed by atoms with E-state index in [1.165, 1.54) is 7.11 Å². The quantitative estimate of drug-likeness (QED) is 0.616. The molecule has 17 heavy (non-hydrogen) atoms. The van der Waals surface area contributed by atoms with Crippen LogP contribution in [0.25, 0.3) is 0 Å². The SMILES string of the molecule is COc1ccc(N2C(=O)CC(C)C2=O)c(N)c1. The molecule has 1 atom stereocenters. The van der Waals surface area contributed by atoms with Crippen molar-refractivity contribution in [2.75, 3.05) is 17.7 Å². The summed E-state index contributed by atoms with van der Waals surface area (Å²) >= 11 is 0. The van der Waals surface area contributed by atoms with E-state index in [1.54, 1.807) is 25.1 Å². The molecule has 2 N–H and O–H groups in total. The molecule has 0 bridgehead atoms. The predicted octanol–water partition coefficient (Wildman–Crippen LogP) is 1.18. The van der Waals surface area contributed by atoms with E-state index in [4.69, 9.17) is 10.5 Å². The molecule has 1 saturated heterocycles. The molecule has 1 aromatic carbocycles. The minimum Gasteiger partial charge on any atom is -0.497 e. The highest BCUT2D eigenvalue weighted by molar-refractivity contribution is 6.22. The molecule has 0 spiro atoms. The Kier molecular flexibility index (Phi) is 2.75. The number of ether oxygens (including phenoxy) is 1. The average molecular weight is 234 g/mol. The summed E-state index contributed by atoms with van der Waals surface area (Å²) < 4.78 is 5.02. The van der Waals surface area contributed by atoms with Gasteiger partial charge < -0.3 is 10.5 Å². The van der Waals surface area contributed by atoms with E-state index < -0.39 is 0 Å². The highest BCUT2D eigenvalue weighted by Crippen LogP contribution is 2.32. The van der Waals surface area contributed by atoms with Gasteiger partial charge in [-0.25, -0.2) is 4.90 Å². The summed E-state index contributed by atoms with van der Waals surface area (Å²) in [7, 11) is 1.53. The summed E-state index contributed by atoms with van der Waals surface area (Å²) in [5.41, 5.74) is 6.62. The Bertz CT molecular complexity index is 485. The van der Waals surface area contributed by atoms with E-state index in [0.29, 0.717) is 17.1 Å². The number of hydrogen-bond acceptors (Lipinski definition) is 4. The van der Waals surface area contributed by atoms with Gasteiger partial charge in [-0.3, -0.25) is 9.59 Å². The maximum absolute atomic E-state index is 11.8.